The summed E-state index contributed by atoms with van der Waals surface area (Å²) in [4.78, 5) is 32.1. The van der Waals surface area contributed by atoms with Crippen LogP contribution in [0.5, 0.6) is 0 Å². The number of anilines is 1. The van der Waals surface area contributed by atoms with Crippen LogP contribution in [0.3, 0.4) is 0 Å². The molecule has 0 bridgehead atoms. The van der Waals surface area contributed by atoms with Crippen LogP contribution in [0.2, 0.25) is 0 Å². The molecule has 0 atom stereocenters. The van der Waals surface area contributed by atoms with Gasteiger partial charge in [0, 0.05) is 18.5 Å². The van der Waals surface area contributed by atoms with E-state index in [0.29, 0.717) is 35.5 Å². The number of imide groups is 1. The van der Waals surface area contributed by atoms with E-state index < -0.39 is 21.8 Å². The smallest absolute Gasteiger partial charge is 0.268 e. The average Bonchev–Trinajstić information content (AvgIpc) is 3.06. The number of pyridine rings is 1. The minimum Gasteiger partial charge on any atom is -0.379 e. The van der Waals surface area contributed by atoms with Gasteiger partial charge in [-0.15, -0.1) is 0 Å². The van der Waals surface area contributed by atoms with Gasteiger partial charge in [-0.1, -0.05) is 18.2 Å². The number of aryl methyl sites for hydroxylation is 1. The maximum atomic E-state index is 13.3. The monoisotopic (exact) mass is 437 g/mol. The van der Waals surface area contributed by atoms with E-state index in [0.717, 1.165) is 4.90 Å². The van der Waals surface area contributed by atoms with E-state index in [1.165, 1.54) is 16.4 Å². The van der Waals surface area contributed by atoms with Crippen LogP contribution in [0.1, 0.15) is 26.4 Å². The van der Waals surface area contributed by atoms with Gasteiger partial charge < -0.3 is 4.74 Å². The first-order valence-electron chi connectivity index (χ1n) is 9.85. The molecular formula is C22H19N3O5S. The lowest BCUT2D eigenvalue weighted by molar-refractivity contribution is 0.0730. The molecule has 2 amide bonds. The largest absolute Gasteiger partial charge is 0.379 e. The molecule has 2 aliphatic rings. The Morgan fingerprint density at radius 3 is 2.32 bits per heavy atom. The molecule has 0 radical (unpaired) electrons. The Hall–Kier alpha value is -3.14. The summed E-state index contributed by atoms with van der Waals surface area (Å²) >= 11 is 0. The molecule has 9 heteroatoms. The number of carbonyl (C=O) groups excluding carboxylic acids is 2. The second-order valence-electron chi connectivity index (χ2n) is 7.42. The normalized spacial score (nSPS) is 17.4. The summed E-state index contributed by atoms with van der Waals surface area (Å²) in [6, 6.07) is 13.2. The zero-order chi connectivity index (χ0) is 21.8. The number of hydrogen-bond acceptors (Lipinski definition) is 6. The molecule has 2 aromatic carbocycles. The van der Waals surface area contributed by atoms with Gasteiger partial charge in [0.15, 0.2) is 0 Å². The molecule has 158 valence electrons. The highest BCUT2D eigenvalue weighted by Crippen LogP contribution is 2.35. The molecule has 3 heterocycles. The van der Waals surface area contributed by atoms with E-state index in [1.807, 2.05) is 0 Å². The SMILES string of the molecule is Cc1nc2ccc(S(=O)(=O)N3CCOCC3)cc2c2c1C(=O)N(c1ccccc1)C2=O. The number of aromatic nitrogens is 1. The lowest BCUT2D eigenvalue weighted by Crippen LogP contribution is -2.40. The number of rotatable bonds is 3. The first-order valence-corrected chi connectivity index (χ1v) is 11.3. The summed E-state index contributed by atoms with van der Waals surface area (Å²) < 4.78 is 32.8. The topological polar surface area (TPSA) is 96.9 Å². The predicted molar refractivity (Wildman–Crippen MR) is 114 cm³/mol. The lowest BCUT2D eigenvalue weighted by Gasteiger charge is -2.26. The van der Waals surface area contributed by atoms with Gasteiger partial charge in [0.2, 0.25) is 10.0 Å². The first kappa shape index (κ1) is 19.8. The molecule has 0 N–H and O–H groups in total. The molecule has 5 rings (SSSR count). The van der Waals surface area contributed by atoms with Crippen LogP contribution in [-0.2, 0) is 14.8 Å². The van der Waals surface area contributed by atoms with Crippen LogP contribution < -0.4 is 4.90 Å². The van der Waals surface area contributed by atoms with Crippen molar-refractivity contribution in [2.24, 2.45) is 0 Å². The van der Waals surface area contributed by atoms with E-state index in [9.17, 15) is 18.0 Å². The third-order valence-corrected chi connectivity index (χ3v) is 7.49. The summed E-state index contributed by atoms with van der Waals surface area (Å²) in [5, 5.41) is 0.353. The summed E-state index contributed by atoms with van der Waals surface area (Å²) in [6.45, 7) is 2.88. The Balaban J connectivity index is 1.68. The number of carbonyl (C=O) groups is 2. The van der Waals surface area contributed by atoms with Crippen molar-refractivity contribution in [1.82, 2.24) is 9.29 Å². The molecule has 0 aliphatic carbocycles. The minimum atomic E-state index is -3.76. The van der Waals surface area contributed by atoms with Crippen LogP contribution in [0.4, 0.5) is 5.69 Å². The molecule has 31 heavy (non-hydrogen) atoms. The molecule has 2 aliphatic heterocycles. The number of amides is 2. The van der Waals surface area contributed by atoms with Crippen molar-refractivity contribution in [3.8, 4) is 0 Å². The van der Waals surface area contributed by atoms with Crippen molar-refractivity contribution in [3.63, 3.8) is 0 Å². The van der Waals surface area contributed by atoms with Gasteiger partial charge in [-0.05, 0) is 37.3 Å². The maximum absolute atomic E-state index is 13.3. The van der Waals surface area contributed by atoms with Crippen molar-refractivity contribution in [3.05, 3.63) is 65.4 Å². The molecular weight excluding hydrogens is 418 g/mol. The van der Waals surface area contributed by atoms with Crippen molar-refractivity contribution < 1.29 is 22.7 Å². The van der Waals surface area contributed by atoms with Gasteiger partial charge in [-0.2, -0.15) is 4.31 Å². The Morgan fingerprint density at radius 1 is 0.935 bits per heavy atom. The second-order valence-corrected chi connectivity index (χ2v) is 9.36. The summed E-state index contributed by atoms with van der Waals surface area (Å²) in [5.41, 5.74) is 1.76. The standard InChI is InChI=1S/C22H19N3O5S/c1-14-19-20(22(27)25(21(19)26)15-5-3-2-4-6-15)17-13-16(7-8-18(17)23-14)31(28,29)24-9-11-30-12-10-24/h2-8,13H,9-12H2,1H3. The minimum absolute atomic E-state index is 0.0631. The third-order valence-electron chi connectivity index (χ3n) is 5.59. The molecule has 8 nitrogen and oxygen atoms in total. The van der Waals surface area contributed by atoms with Gasteiger partial charge in [-0.3, -0.25) is 14.6 Å². The fraction of sp³-hybridized carbons (Fsp3) is 0.227. The van der Waals surface area contributed by atoms with Crippen molar-refractivity contribution >= 4 is 38.4 Å². The zero-order valence-electron chi connectivity index (χ0n) is 16.7. The highest BCUT2D eigenvalue weighted by Gasteiger charge is 2.40. The maximum Gasteiger partial charge on any atom is 0.268 e. The number of fused-ring (bicyclic) bond motifs is 3. The Bertz CT molecular complexity index is 1330. The van der Waals surface area contributed by atoms with Crippen LogP contribution in [0.15, 0.2) is 53.4 Å². The number of ether oxygens (including phenoxy) is 1. The fourth-order valence-electron chi connectivity index (χ4n) is 4.07. The zero-order valence-corrected chi connectivity index (χ0v) is 17.6. The lowest BCUT2D eigenvalue weighted by atomic mass is 10.0. The quantitative estimate of drug-likeness (QED) is 0.584. The highest BCUT2D eigenvalue weighted by atomic mass is 32.2. The fourth-order valence-corrected chi connectivity index (χ4v) is 5.51. The predicted octanol–water partition coefficient (Wildman–Crippen LogP) is 2.36. The van der Waals surface area contributed by atoms with Gasteiger partial charge in [0.05, 0.1) is 46.1 Å². The number of sulfonamides is 1. The van der Waals surface area contributed by atoms with Crippen LogP contribution in [-0.4, -0.2) is 55.8 Å². The number of morpholine rings is 1. The van der Waals surface area contributed by atoms with E-state index >= 15 is 0 Å². The molecule has 1 saturated heterocycles. The van der Waals surface area contributed by atoms with E-state index in [2.05, 4.69) is 4.98 Å². The van der Waals surface area contributed by atoms with Crippen LogP contribution in [0, 0.1) is 6.92 Å². The number of benzene rings is 2. The van der Waals surface area contributed by atoms with Crippen molar-refractivity contribution in [2.45, 2.75) is 11.8 Å². The Labute approximate surface area is 179 Å². The van der Waals surface area contributed by atoms with Crippen LogP contribution in [0.25, 0.3) is 10.9 Å². The number of nitrogens with zero attached hydrogens (tertiary/aromatic N) is 3. The van der Waals surface area contributed by atoms with Gasteiger partial charge in [-0.25, -0.2) is 13.3 Å². The van der Waals surface area contributed by atoms with Gasteiger partial charge in [0.1, 0.15) is 0 Å². The first-order chi connectivity index (χ1) is 14.9. The number of para-hydroxylation sites is 1. The van der Waals surface area contributed by atoms with Crippen molar-refractivity contribution in [1.29, 1.82) is 0 Å². The summed E-state index contributed by atoms with van der Waals surface area (Å²) in [6.07, 6.45) is 0. The van der Waals surface area contributed by atoms with Gasteiger partial charge >= 0.3 is 0 Å². The molecule has 0 saturated carbocycles. The van der Waals surface area contributed by atoms with Crippen LogP contribution >= 0.6 is 0 Å². The summed E-state index contributed by atoms with van der Waals surface area (Å²) in [7, 11) is -3.76. The van der Waals surface area contributed by atoms with E-state index in [1.54, 1.807) is 43.3 Å². The molecule has 3 aromatic rings. The highest BCUT2D eigenvalue weighted by molar-refractivity contribution is 7.89. The molecule has 1 aromatic heterocycles. The Kier molecular flexibility index (Phi) is 4.62. The van der Waals surface area contributed by atoms with Gasteiger partial charge in [0.25, 0.3) is 11.8 Å². The second kappa shape index (κ2) is 7.23. The van der Waals surface area contributed by atoms with E-state index in [-0.39, 0.29) is 29.1 Å². The number of hydrogen-bond donors (Lipinski definition) is 0. The molecule has 0 unspecified atom stereocenters. The summed E-state index contributed by atoms with van der Waals surface area (Å²) in [5.74, 6) is -0.942. The molecule has 0 spiro atoms. The van der Waals surface area contributed by atoms with Crippen molar-refractivity contribution in [2.75, 3.05) is 31.2 Å². The Morgan fingerprint density at radius 2 is 1.61 bits per heavy atom. The van der Waals surface area contributed by atoms with E-state index in [4.69, 9.17) is 4.74 Å². The third kappa shape index (κ3) is 3.04. The average molecular weight is 437 g/mol. The molecule has 1 fully saturated rings.